The van der Waals surface area contributed by atoms with Crippen LogP contribution in [-0.2, 0) is 11.8 Å². The molecule has 1 amide bonds. The van der Waals surface area contributed by atoms with Crippen molar-refractivity contribution in [2.24, 2.45) is 7.05 Å². The lowest BCUT2D eigenvalue weighted by molar-refractivity contribution is -0.118. The Morgan fingerprint density at radius 2 is 2.09 bits per heavy atom. The van der Waals surface area contributed by atoms with Gasteiger partial charge in [-0.2, -0.15) is 5.10 Å². The number of aryl methyl sites for hydroxylation is 1. The lowest BCUT2D eigenvalue weighted by atomic mass is 9.94. The monoisotopic (exact) mass is 467 g/mol. The predicted molar refractivity (Wildman–Crippen MR) is 132 cm³/mol. The van der Waals surface area contributed by atoms with E-state index in [1.807, 2.05) is 63.4 Å². The first kappa shape index (κ1) is 23.2. The van der Waals surface area contributed by atoms with Gasteiger partial charge in [-0.1, -0.05) is 30.2 Å². The molecule has 0 bridgehead atoms. The van der Waals surface area contributed by atoms with E-state index in [-0.39, 0.29) is 18.5 Å². The highest BCUT2D eigenvalue weighted by atomic mass is 35.5. The molecule has 1 atom stereocenters. The molecule has 0 saturated carbocycles. The summed E-state index contributed by atoms with van der Waals surface area (Å²) in [4.78, 5) is 26.6. The van der Waals surface area contributed by atoms with Crippen molar-refractivity contribution in [3.05, 3.63) is 53.1 Å². The third-order valence-electron chi connectivity index (χ3n) is 6.13. The molecule has 0 radical (unpaired) electrons. The Balaban J connectivity index is 1.65. The minimum absolute atomic E-state index is 0.00942. The first-order chi connectivity index (χ1) is 15.8. The number of carbonyl (C=O) groups is 1. The quantitative estimate of drug-likeness (QED) is 0.588. The molecule has 1 fully saturated rings. The number of rotatable bonds is 6. The third-order valence-corrected chi connectivity index (χ3v) is 6.36. The largest absolute Gasteiger partial charge is 0.347 e. The zero-order valence-electron chi connectivity index (χ0n) is 19.5. The van der Waals surface area contributed by atoms with Crippen LogP contribution in [0.2, 0.25) is 5.02 Å². The zero-order valence-corrected chi connectivity index (χ0v) is 20.3. The van der Waals surface area contributed by atoms with Gasteiger partial charge in [-0.3, -0.25) is 14.4 Å². The maximum absolute atomic E-state index is 12.9. The average molecular weight is 468 g/mol. The Bertz CT molecular complexity index is 1140. The Morgan fingerprint density at radius 1 is 1.27 bits per heavy atom. The second-order valence-electron chi connectivity index (χ2n) is 8.67. The summed E-state index contributed by atoms with van der Waals surface area (Å²) < 4.78 is 1.75. The van der Waals surface area contributed by atoms with Gasteiger partial charge in [0.05, 0.1) is 35.9 Å². The van der Waals surface area contributed by atoms with Crippen molar-refractivity contribution in [2.75, 3.05) is 37.4 Å². The van der Waals surface area contributed by atoms with E-state index in [4.69, 9.17) is 16.6 Å². The smallest absolute Gasteiger partial charge is 0.238 e. The minimum Gasteiger partial charge on any atom is -0.347 e. The van der Waals surface area contributed by atoms with E-state index in [0.717, 1.165) is 54.0 Å². The number of hydrogen-bond acceptors (Lipinski definition) is 6. The van der Waals surface area contributed by atoms with Crippen LogP contribution in [0.15, 0.2) is 36.7 Å². The maximum atomic E-state index is 12.9. The summed E-state index contributed by atoms with van der Waals surface area (Å²) in [6.45, 7) is 3.06. The lowest BCUT2D eigenvalue weighted by Gasteiger charge is -2.36. The van der Waals surface area contributed by atoms with Crippen molar-refractivity contribution in [1.82, 2.24) is 24.6 Å². The topological polar surface area (TPSA) is 79.2 Å². The number of hydrogen-bond donors (Lipinski definition) is 1. The highest BCUT2D eigenvalue weighted by molar-refractivity contribution is 6.30. The number of nitrogens with zero attached hydrogens (tertiary/aromatic N) is 6. The van der Waals surface area contributed by atoms with E-state index in [2.05, 4.69) is 20.3 Å². The molecule has 3 aromatic rings. The van der Waals surface area contributed by atoms with Gasteiger partial charge >= 0.3 is 0 Å². The summed E-state index contributed by atoms with van der Waals surface area (Å²) in [5.41, 5.74) is 4.52. The fourth-order valence-corrected chi connectivity index (χ4v) is 4.41. The first-order valence-electron chi connectivity index (χ1n) is 11.2. The van der Waals surface area contributed by atoms with E-state index in [1.54, 1.807) is 10.9 Å². The number of aromatic nitrogens is 4. The van der Waals surface area contributed by atoms with Crippen molar-refractivity contribution in [3.63, 3.8) is 0 Å². The summed E-state index contributed by atoms with van der Waals surface area (Å²) >= 11 is 6.28. The number of benzene rings is 1. The lowest BCUT2D eigenvalue weighted by Crippen LogP contribution is -2.40. The van der Waals surface area contributed by atoms with E-state index in [0.29, 0.717) is 11.0 Å². The van der Waals surface area contributed by atoms with Crippen LogP contribution in [0.1, 0.15) is 36.7 Å². The predicted octanol–water partition coefficient (Wildman–Crippen LogP) is 4.07. The number of likely N-dealkylation sites (tertiary alicyclic amines) is 1. The van der Waals surface area contributed by atoms with Gasteiger partial charge in [-0.25, -0.2) is 9.97 Å². The highest BCUT2D eigenvalue weighted by Crippen LogP contribution is 2.36. The van der Waals surface area contributed by atoms with Gasteiger partial charge in [0.15, 0.2) is 0 Å². The van der Waals surface area contributed by atoms with Gasteiger partial charge in [0, 0.05) is 37.9 Å². The normalized spacial score (nSPS) is 16.6. The molecule has 174 valence electrons. The zero-order chi connectivity index (χ0) is 23.5. The van der Waals surface area contributed by atoms with Crippen molar-refractivity contribution >= 4 is 29.1 Å². The Kier molecular flexibility index (Phi) is 6.95. The van der Waals surface area contributed by atoms with Gasteiger partial charge in [-0.05, 0) is 44.0 Å². The molecule has 1 aliphatic rings. The number of carbonyl (C=O) groups excluding carboxylic acids is 1. The van der Waals surface area contributed by atoms with Gasteiger partial charge in [0.2, 0.25) is 11.9 Å². The van der Waals surface area contributed by atoms with Crippen molar-refractivity contribution in [3.8, 4) is 11.1 Å². The van der Waals surface area contributed by atoms with Gasteiger partial charge < -0.3 is 10.2 Å². The van der Waals surface area contributed by atoms with Gasteiger partial charge in [-0.15, -0.1) is 0 Å². The summed E-state index contributed by atoms with van der Waals surface area (Å²) in [7, 11) is 5.72. The van der Waals surface area contributed by atoms with Crippen LogP contribution in [0.4, 0.5) is 11.6 Å². The molecule has 1 aromatic carbocycles. The molecule has 9 heteroatoms. The molecule has 4 rings (SSSR count). The Morgan fingerprint density at radius 3 is 2.79 bits per heavy atom. The molecule has 1 aliphatic heterocycles. The fourth-order valence-electron chi connectivity index (χ4n) is 4.22. The molecule has 0 spiro atoms. The fraction of sp³-hybridized carbons (Fsp3) is 0.417. The van der Waals surface area contributed by atoms with E-state index in [9.17, 15) is 4.79 Å². The maximum Gasteiger partial charge on any atom is 0.238 e. The minimum atomic E-state index is -0.0517. The number of halogens is 1. The summed E-state index contributed by atoms with van der Waals surface area (Å²) in [6.07, 6.45) is 6.62. The average Bonchev–Trinajstić information content (AvgIpc) is 3.11. The van der Waals surface area contributed by atoms with Gasteiger partial charge in [0.25, 0.3) is 0 Å². The number of piperidine rings is 1. The van der Waals surface area contributed by atoms with Crippen LogP contribution >= 0.6 is 11.6 Å². The highest BCUT2D eigenvalue weighted by Gasteiger charge is 2.30. The molecule has 2 aromatic heterocycles. The number of amides is 1. The van der Waals surface area contributed by atoms with Crippen LogP contribution in [0.5, 0.6) is 0 Å². The van der Waals surface area contributed by atoms with Crippen LogP contribution in [0.25, 0.3) is 11.1 Å². The Hall–Kier alpha value is -2.97. The van der Waals surface area contributed by atoms with Crippen LogP contribution < -0.4 is 10.2 Å². The van der Waals surface area contributed by atoms with Crippen molar-refractivity contribution in [1.29, 1.82) is 0 Å². The molecule has 33 heavy (non-hydrogen) atoms. The Labute approximate surface area is 199 Å². The van der Waals surface area contributed by atoms with Gasteiger partial charge in [0.1, 0.15) is 0 Å². The number of anilines is 2. The van der Waals surface area contributed by atoms with E-state index >= 15 is 0 Å². The van der Waals surface area contributed by atoms with E-state index < -0.39 is 0 Å². The van der Waals surface area contributed by atoms with Crippen molar-refractivity contribution in [2.45, 2.75) is 32.2 Å². The van der Waals surface area contributed by atoms with Crippen LogP contribution in [0.3, 0.4) is 0 Å². The molecule has 8 nitrogen and oxygen atoms in total. The summed E-state index contributed by atoms with van der Waals surface area (Å²) in [5, 5.41) is 7.89. The molecular weight excluding hydrogens is 438 g/mol. The first-order valence-corrected chi connectivity index (χ1v) is 11.5. The standard InChI is InChI=1S/C24H30ClN7O/c1-16-20(14-27-31(16)4)28-22(33)15-32-11-6-5-10-21(32)23-19(13-26-24(29-23)30(2)3)17-8-7-9-18(25)12-17/h7-9,12-14,21H,5-6,10-11,15H2,1-4H3,(H,28,33)/t21-/m0/s1. The molecule has 0 unspecified atom stereocenters. The summed E-state index contributed by atoms with van der Waals surface area (Å²) in [6, 6.07) is 7.76. The SMILES string of the molecule is Cc1c(NC(=O)CN2CCCC[C@H]2c2nc(N(C)C)ncc2-c2cccc(Cl)c2)cnn1C. The second kappa shape index (κ2) is 9.89. The molecule has 0 aliphatic carbocycles. The van der Waals surface area contributed by atoms with Crippen molar-refractivity contribution < 1.29 is 4.79 Å². The number of nitrogens with one attached hydrogen (secondary N) is 1. The van der Waals surface area contributed by atoms with Crippen LogP contribution in [-0.4, -0.2) is 57.7 Å². The third kappa shape index (κ3) is 5.17. The van der Waals surface area contributed by atoms with E-state index in [1.165, 1.54) is 0 Å². The molecule has 1 saturated heterocycles. The molecule has 3 heterocycles. The van der Waals surface area contributed by atoms with Crippen LogP contribution in [0, 0.1) is 6.92 Å². The molecule has 1 N–H and O–H groups in total. The second-order valence-corrected chi connectivity index (χ2v) is 9.11. The molecular formula is C24H30ClN7O. The summed E-state index contributed by atoms with van der Waals surface area (Å²) in [5.74, 6) is 0.598.